The van der Waals surface area contributed by atoms with Gasteiger partial charge in [-0.1, -0.05) is 81.7 Å². The van der Waals surface area contributed by atoms with Gasteiger partial charge in [0.1, 0.15) is 0 Å². The summed E-state index contributed by atoms with van der Waals surface area (Å²) in [6.07, 6.45) is 1.50. The molecule has 0 amide bonds. The van der Waals surface area contributed by atoms with Gasteiger partial charge in [0.25, 0.3) is 0 Å². The molecular formula is C13H46N2O2. The van der Waals surface area contributed by atoms with Crippen molar-refractivity contribution in [1.29, 1.82) is 10.8 Å². The Morgan fingerprint density at radius 1 is 0.412 bits per heavy atom. The van der Waals surface area contributed by atoms with Crippen LogP contribution in [-0.2, 0) is 9.59 Å². The first kappa shape index (κ1) is 451. The lowest BCUT2D eigenvalue weighted by Gasteiger charge is -1.02. The maximum Gasteiger partial charge on any atom is 0.231 e. The van der Waals surface area contributed by atoms with Crippen molar-refractivity contribution in [2.45, 2.75) is 81.7 Å². The van der Waals surface area contributed by atoms with Crippen molar-refractivity contribution in [3.8, 4) is 0 Å². The van der Waals surface area contributed by atoms with E-state index in [1.54, 1.807) is 0 Å². The molecule has 4 nitrogen and oxygen atoms in total. The molecule has 0 saturated carbocycles. The fourth-order valence-electron chi connectivity index (χ4n) is 0. The Kier molecular flexibility index (Phi) is 128000. The van der Waals surface area contributed by atoms with Crippen LogP contribution in [0.15, 0.2) is 0 Å². The van der Waals surface area contributed by atoms with Crippen LogP contribution in [0.25, 0.3) is 0 Å². The van der Waals surface area contributed by atoms with E-state index in [1.807, 2.05) is 0 Å². The van der Waals surface area contributed by atoms with E-state index in [0.717, 1.165) is 12.2 Å². The fraction of sp³-hybridized carbons (Fsp3) is 0.846. The fourth-order valence-corrected chi connectivity index (χ4v) is 0. The second-order valence-electron chi connectivity index (χ2n) is 0.204. The van der Waals surface area contributed by atoms with E-state index in [2.05, 4.69) is 0 Å². The van der Waals surface area contributed by atoms with Gasteiger partial charge in [-0.05, 0) is 0 Å². The molecule has 120 valence electrons. The number of rotatable bonds is 0. The molecule has 0 aromatic heterocycles. The lowest BCUT2D eigenvalue weighted by molar-refractivity contribution is 0.562. The molecule has 0 saturated heterocycles. The minimum absolute atomic E-state index is 0. The van der Waals surface area contributed by atoms with E-state index in [4.69, 9.17) is 20.4 Å². The van der Waals surface area contributed by atoms with E-state index in [0.29, 0.717) is 0 Å². The predicted octanol–water partition coefficient (Wildman–Crippen LogP) is 6.80. The predicted molar refractivity (Wildman–Crippen MR) is 90.9 cm³/mol. The lowest BCUT2D eigenvalue weighted by atomic mass is 11.7. The second-order valence-corrected chi connectivity index (χ2v) is 0.204. The molecule has 0 fully saturated rings. The molecule has 0 atom stereocenters. The molecule has 0 aliphatic rings. The van der Waals surface area contributed by atoms with E-state index in [9.17, 15) is 0 Å². The van der Waals surface area contributed by atoms with Crippen LogP contribution in [0.4, 0.5) is 0 Å². The van der Waals surface area contributed by atoms with E-state index < -0.39 is 0 Å². The van der Waals surface area contributed by atoms with Crippen LogP contribution in [0, 0.1) is 10.8 Å². The Hall–Kier alpha value is -1.24. The summed E-state index contributed by atoms with van der Waals surface area (Å²) in [7, 11) is 0. The number of carbonyl (C=O) groups excluding carboxylic acids is 2. The highest BCUT2D eigenvalue weighted by atomic mass is 16.1. The molecule has 2 N–H and O–H groups in total. The zero-order chi connectivity index (χ0) is 5.41. The molecule has 0 heterocycles. The Balaban J connectivity index is -0.00000000104. The highest BCUT2D eigenvalue weighted by Gasteiger charge is 1.04. The van der Waals surface area contributed by atoms with Gasteiger partial charge in [-0.25, -0.2) is 20.4 Å². The SMILES string of the molecule is C.C.C.C.C.C.C.C.C.C.C.N=C=O.N=C=O. The van der Waals surface area contributed by atoms with Crippen LogP contribution in [0.1, 0.15) is 81.7 Å². The number of nitrogens with one attached hydrogen (secondary N) is 2. The molecule has 0 aliphatic heterocycles. The molecule has 0 rings (SSSR count). The molecule has 17 heavy (non-hydrogen) atoms. The summed E-state index contributed by atoms with van der Waals surface area (Å²) >= 11 is 0. The van der Waals surface area contributed by atoms with Gasteiger partial charge in [-0.15, -0.1) is 0 Å². The average Bonchev–Trinajstić information content (AvgIpc) is 1.39. The van der Waals surface area contributed by atoms with Crippen LogP contribution >= 0.6 is 0 Å². The molecule has 0 spiro atoms. The first-order chi connectivity index (χ1) is 2.83. The highest BCUT2D eigenvalue weighted by Crippen LogP contribution is 0.871. The van der Waals surface area contributed by atoms with Crippen LogP contribution in [-0.4, -0.2) is 12.2 Å². The maximum atomic E-state index is 8.35. The van der Waals surface area contributed by atoms with E-state index in [1.165, 1.54) is 0 Å². The molecule has 0 aromatic rings. The lowest BCUT2D eigenvalue weighted by Crippen LogP contribution is -1.16. The van der Waals surface area contributed by atoms with Gasteiger partial charge in [0.2, 0.25) is 12.2 Å². The number of hydrogen-bond donors (Lipinski definition) is 2. The first-order valence-corrected chi connectivity index (χ1v) is 0.908. The first-order valence-electron chi connectivity index (χ1n) is 0.908. The smallest absolute Gasteiger partial charge is 0.222 e. The quantitative estimate of drug-likeness (QED) is 0.372. The zero-order valence-corrected chi connectivity index (χ0v) is 2.82. The van der Waals surface area contributed by atoms with E-state index in [-0.39, 0.29) is 81.7 Å². The summed E-state index contributed by atoms with van der Waals surface area (Å²) < 4.78 is 0. The summed E-state index contributed by atoms with van der Waals surface area (Å²) in [5.41, 5.74) is 0. The van der Waals surface area contributed by atoms with Gasteiger partial charge in [0.15, 0.2) is 0 Å². The average molecular weight is 263 g/mol. The topological polar surface area (TPSA) is 81.8 Å². The second kappa shape index (κ2) is 4840. The molecule has 0 aromatic carbocycles. The highest BCUT2D eigenvalue weighted by molar-refractivity contribution is 5.26. The Morgan fingerprint density at radius 2 is 0.412 bits per heavy atom. The molecule has 0 aliphatic carbocycles. The summed E-state index contributed by atoms with van der Waals surface area (Å²) in [6.45, 7) is 0. The van der Waals surface area contributed by atoms with Crippen LogP contribution in [0.3, 0.4) is 0 Å². The third kappa shape index (κ3) is 1560. The normalized spacial score (nSPS) is 0.941. The van der Waals surface area contributed by atoms with Crippen LogP contribution in [0.5, 0.6) is 0 Å². The summed E-state index contributed by atoms with van der Waals surface area (Å²) in [4.78, 5) is 16.7. The molecular weight excluding hydrogens is 216 g/mol. The minimum atomic E-state index is 0. The maximum absolute atomic E-state index is 8.35. The molecule has 0 bridgehead atoms. The monoisotopic (exact) mass is 262 g/mol. The van der Waals surface area contributed by atoms with Crippen molar-refractivity contribution >= 4 is 12.2 Å². The number of isocyanates is 2. The Labute approximate surface area is 115 Å². The molecule has 4 heteroatoms. The van der Waals surface area contributed by atoms with Crippen molar-refractivity contribution < 1.29 is 9.59 Å². The Bertz CT molecular complexity index is 71.4. The molecule has 0 radical (unpaired) electrons. The van der Waals surface area contributed by atoms with Gasteiger partial charge < -0.3 is 0 Å². The van der Waals surface area contributed by atoms with Crippen molar-refractivity contribution in [2.75, 3.05) is 0 Å². The van der Waals surface area contributed by atoms with Crippen molar-refractivity contribution in [3.05, 3.63) is 0 Å². The van der Waals surface area contributed by atoms with E-state index >= 15 is 0 Å². The van der Waals surface area contributed by atoms with Gasteiger partial charge in [0.05, 0.1) is 0 Å². The van der Waals surface area contributed by atoms with Crippen LogP contribution < -0.4 is 0 Å². The van der Waals surface area contributed by atoms with Crippen molar-refractivity contribution in [2.24, 2.45) is 0 Å². The minimum Gasteiger partial charge on any atom is -0.222 e. The van der Waals surface area contributed by atoms with Crippen molar-refractivity contribution in [3.63, 3.8) is 0 Å². The van der Waals surface area contributed by atoms with Gasteiger partial charge in [-0.3, -0.25) is 0 Å². The summed E-state index contributed by atoms with van der Waals surface area (Å²) in [6, 6.07) is 0. The Morgan fingerprint density at radius 3 is 0.412 bits per heavy atom. The van der Waals surface area contributed by atoms with Gasteiger partial charge >= 0.3 is 0 Å². The third-order valence-corrected chi connectivity index (χ3v) is 0. The molecule has 0 unspecified atom stereocenters. The van der Waals surface area contributed by atoms with Gasteiger partial charge in [0, 0.05) is 0 Å². The third-order valence-electron chi connectivity index (χ3n) is 0. The van der Waals surface area contributed by atoms with Crippen molar-refractivity contribution in [1.82, 2.24) is 0 Å². The largest absolute Gasteiger partial charge is 0.231 e. The summed E-state index contributed by atoms with van der Waals surface area (Å²) in [5, 5.41) is 10.8. The van der Waals surface area contributed by atoms with Gasteiger partial charge in [-0.2, -0.15) is 0 Å². The zero-order valence-electron chi connectivity index (χ0n) is 2.82. The number of hydrogen-bond acceptors (Lipinski definition) is 4. The standard InChI is InChI=1S/2CHNO.11CH4/c2*2-1-3;;;;;;;;;;;/h2*2H;11*1H4. The van der Waals surface area contributed by atoms with Crippen LogP contribution in [0.2, 0.25) is 0 Å². The summed E-state index contributed by atoms with van der Waals surface area (Å²) in [5.74, 6) is 0.